The molecule has 156 valence electrons. The molecular weight excluding hydrogens is 388 g/mol. The average Bonchev–Trinajstić information content (AvgIpc) is 2.75. The van der Waals surface area contributed by atoms with Gasteiger partial charge >= 0.3 is 6.03 Å². The summed E-state index contributed by atoms with van der Waals surface area (Å²) in [5, 5.41) is 17.4. The lowest BCUT2D eigenvalue weighted by Crippen LogP contribution is -2.48. The fourth-order valence-corrected chi connectivity index (χ4v) is 2.87. The first-order valence-corrected chi connectivity index (χ1v) is 9.35. The Morgan fingerprint density at radius 3 is 2.47 bits per heavy atom. The van der Waals surface area contributed by atoms with Gasteiger partial charge in [-0.3, -0.25) is 14.9 Å². The summed E-state index contributed by atoms with van der Waals surface area (Å²) < 4.78 is 0. The molecule has 0 bridgehead atoms. The molecule has 1 heterocycles. The first-order chi connectivity index (χ1) is 14.4. The summed E-state index contributed by atoms with van der Waals surface area (Å²) in [7, 11) is 2.02. The SMILES string of the molecule is CN1CCN(C(=O)Nc2ccc(C(=O)NN=Cc3cccc([N+](=O)[O-])c3)cc2)CC1. The van der Waals surface area contributed by atoms with E-state index in [2.05, 4.69) is 20.7 Å². The number of urea groups is 1. The zero-order valence-corrected chi connectivity index (χ0v) is 16.4. The molecule has 2 N–H and O–H groups in total. The average molecular weight is 410 g/mol. The Kier molecular flexibility index (Phi) is 6.71. The summed E-state index contributed by atoms with van der Waals surface area (Å²) in [6, 6.07) is 12.2. The van der Waals surface area contributed by atoms with Crippen LogP contribution in [0.1, 0.15) is 15.9 Å². The number of hydrazone groups is 1. The van der Waals surface area contributed by atoms with Crippen molar-refractivity contribution in [3.8, 4) is 0 Å². The van der Waals surface area contributed by atoms with Crippen LogP contribution in [0.4, 0.5) is 16.2 Å². The van der Waals surface area contributed by atoms with Gasteiger partial charge in [0, 0.05) is 55.1 Å². The fraction of sp³-hybridized carbons (Fsp3) is 0.250. The molecule has 1 fully saturated rings. The van der Waals surface area contributed by atoms with Gasteiger partial charge in [-0.05, 0) is 31.3 Å². The van der Waals surface area contributed by atoms with Crippen molar-refractivity contribution >= 4 is 29.5 Å². The van der Waals surface area contributed by atoms with E-state index in [1.54, 1.807) is 35.2 Å². The minimum Gasteiger partial charge on any atom is -0.322 e. The van der Waals surface area contributed by atoms with Gasteiger partial charge in [-0.1, -0.05) is 12.1 Å². The number of carbonyl (C=O) groups excluding carboxylic acids is 2. The summed E-state index contributed by atoms with van der Waals surface area (Å²) in [5.74, 6) is -0.436. The summed E-state index contributed by atoms with van der Waals surface area (Å²) in [5.41, 5.74) is 3.77. The van der Waals surface area contributed by atoms with Gasteiger partial charge in [0.25, 0.3) is 11.6 Å². The van der Waals surface area contributed by atoms with Crippen molar-refractivity contribution in [3.05, 3.63) is 69.8 Å². The Hall–Kier alpha value is -3.79. The number of amides is 3. The molecule has 1 aliphatic heterocycles. The molecule has 1 aliphatic rings. The number of anilines is 1. The van der Waals surface area contributed by atoms with Gasteiger partial charge in [0.15, 0.2) is 0 Å². The van der Waals surface area contributed by atoms with Crippen molar-refractivity contribution in [1.29, 1.82) is 0 Å². The number of nitrogens with zero attached hydrogens (tertiary/aromatic N) is 4. The third-order valence-electron chi connectivity index (χ3n) is 4.65. The van der Waals surface area contributed by atoms with E-state index in [0.29, 0.717) is 29.9 Å². The quantitative estimate of drug-likeness (QED) is 0.444. The second kappa shape index (κ2) is 9.61. The third kappa shape index (κ3) is 5.61. The van der Waals surface area contributed by atoms with Crippen LogP contribution in [0.3, 0.4) is 0 Å². The number of hydrogen-bond donors (Lipinski definition) is 2. The van der Waals surface area contributed by atoms with E-state index in [-0.39, 0.29) is 11.7 Å². The van der Waals surface area contributed by atoms with Gasteiger partial charge in [0.2, 0.25) is 0 Å². The highest BCUT2D eigenvalue weighted by molar-refractivity contribution is 5.96. The maximum Gasteiger partial charge on any atom is 0.321 e. The molecule has 3 amide bonds. The Morgan fingerprint density at radius 2 is 1.80 bits per heavy atom. The lowest BCUT2D eigenvalue weighted by atomic mass is 10.2. The molecule has 0 saturated carbocycles. The minimum absolute atomic E-state index is 0.0560. The summed E-state index contributed by atoms with van der Waals surface area (Å²) in [4.78, 5) is 38.7. The van der Waals surface area contributed by atoms with Gasteiger partial charge in [0.05, 0.1) is 11.1 Å². The molecule has 10 heteroatoms. The van der Waals surface area contributed by atoms with E-state index < -0.39 is 10.8 Å². The molecule has 0 atom stereocenters. The van der Waals surface area contributed by atoms with Gasteiger partial charge in [0.1, 0.15) is 0 Å². The first kappa shape index (κ1) is 20.9. The lowest BCUT2D eigenvalue weighted by Gasteiger charge is -2.32. The second-order valence-electron chi connectivity index (χ2n) is 6.85. The molecule has 0 radical (unpaired) electrons. The van der Waals surface area contributed by atoms with Crippen molar-refractivity contribution in [2.45, 2.75) is 0 Å². The third-order valence-corrected chi connectivity index (χ3v) is 4.65. The van der Waals surface area contributed by atoms with Crippen LogP contribution in [0.25, 0.3) is 0 Å². The summed E-state index contributed by atoms with van der Waals surface area (Å²) >= 11 is 0. The van der Waals surface area contributed by atoms with E-state index >= 15 is 0 Å². The highest BCUT2D eigenvalue weighted by Crippen LogP contribution is 2.13. The van der Waals surface area contributed by atoms with Crippen LogP contribution < -0.4 is 10.7 Å². The second-order valence-corrected chi connectivity index (χ2v) is 6.85. The highest BCUT2D eigenvalue weighted by Gasteiger charge is 2.19. The van der Waals surface area contributed by atoms with Crippen LogP contribution in [-0.4, -0.2) is 66.1 Å². The van der Waals surface area contributed by atoms with E-state index in [4.69, 9.17) is 0 Å². The van der Waals surface area contributed by atoms with Crippen molar-refractivity contribution in [3.63, 3.8) is 0 Å². The molecule has 0 unspecified atom stereocenters. The predicted octanol–water partition coefficient (Wildman–Crippen LogP) is 2.14. The van der Waals surface area contributed by atoms with Crippen LogP contribution in [0.2, 0.25) is 0 Å². The predicted molar refractivity (Wildman–Crippen MR) is 113 cm³/mol. The Balaban J connectivity index is 1.53. The van der Waals surface area contributed by atoms with Crippen LogP contribution in [0, 0.1) is 10.1 Å². The molecule has 2 aromatic carbocycles. The van der Waals surface area contributed by atoms with E-state index in [1.807, 2.05) is 7.05 Å². The van der Waals surface area contributed by atoms with Crippen molar-refractivity contribution < 1.29 is 14.5 Å². The van der Waals surface area contributed by atoms with Gasteiger partial charge < -0.3 is 15.1 Å². The van der Waals surface area contributed by atoms with Crippen molar-refractivity contribution in [2.75, 3.05) is 38.5 Å². The van der Waals surface area contributed by atoms with E-state index in [1.165, 1.54) is 24.4 Å². The largest absolute Gasteiger partial charge is 0.322 e. The number of carbonyl (C=O) groups is 2. The molecular formula is C20H22N6O4. The van der Waals surface area contributed by atoms with E-state index in [0.717, 1.165) is 13.1 Å². The Bertz CT molecular complexity index is 952. The highest BCUT2D eigenvalue weighted by atomic mass is 16.6. The van der Waals surface area contributed by atoms with Crippen LogP contribution in [0.15, 0.2) is 53.6 Å². The number of hydrogen-bond acceptors (Lipinski definition) is 6. The summed E-state index contributed by atoms with van der Waals surface area (Å²) in [6.45, 7) is 3.02. The molecule has 30 heavy (non-hydrogen) atoms. The van der Waals surface area contributed by atoms with Crippen molar-refractivity contribution in [1.82, 2.24) is 15.2 Å². The molecule has 0 spiro atoms. The standard InChI is InChI=1S/C20H22N6O4/c1-24-9-11-25(12-10-24)20(28)22-17-7-5-16(6-8-17)19(27)23-21-14-15-3-2-4-18(13-15)26(29)30/h2-8,13-14H,9-12H2,1H3,(H,22,28)(H,23,27). The smallest absolute Gasteiger partial charge is 0.321 e. The van der Waals surface area contributed by atoms with E-state index in [9.17, 15) is 19.7 Å². The monoisotopic (exact) mass is 410 g/mol. The molecule has 1 saturated heterocycles. The molecule has 0 aromatic heterocycles. The van der Waals surface area contributed by atoms with Gasteiger partial charge in [-0.15, -0.1) is 0 Å². The number of piperazine rings is 1. The molecule has 2 aromatic rings. The normalized spacial score (nSPS) is 14.5. The molecule has 10 nitrogen and oxygen atoms in total. The van der Waals surface area contributed by atoms with Gasteiger partial charge in [-0.25, -0.2) is 10.2 Å². The number of non-ortho nitro benzene ring substituents is 1. The Morgan fingerprint density at radius 1 is 1.10 bits per heavy atom. The number of nitro groups is 1. The Labute approximate surface area is 173 Å². The number of rotatable bonds is 5. The van der Waals surface area contributed by atoms with Crippen LogP contribution in [-0.2, 0) is 0 Å². The van der Waals surface area contributed by atoms with Crippen LogP contribution in [0.5, 0.6) is 0 Å². The minimum atomic E-state index is -0.500. The van der Waals surface area contributed by atoms with Crippen molar-refractivity contribution in [2.24, 2.45) is 5.10 Å². The summed E-state index contributed by atoms with van der Waals surface area (Å²) in [6.07, 6.45) is 1.33. The fourth-order valence-electron chi connectivity index (χ4n) is 2.87. The first-order valence-electron chi connectivity index (χ1n) is 9.35. The zero-order valence-electron chi connectivity index (χ0n) is 16.4. The molecule has 0 aliphatic carbocycles. The topological polar surface area (TPSA) is 120 Å². The van der Waals surface area contributed by atoms with Crippen LogP contribution >= 0.6 is 0 Å². The maximum atomic E-state index is 12.3. The zero-order chi connectivity index (χ0) is 21.5. The molecule has 3 rings (SSSR count). The number of nitro benzene ring substituents is 1. The number of nitrogens with one attached hydrogen (secondary N) is 2. The lowest BCUT2D eigenvalue weighted by molar-refractivity contribution is -0.384. The number of benzene rings is 2. The maximum absolute atomic E-state index is 12.3. The van der Waals surface area contributed by atoms with Gasteiger partial charge in [-0.2, -0.15) is 5.10 Å². The number of likely N-dealkylation sites (N-methyl/N-ethyl adjacent to an activating group) is 1.